The molecule has 0 saturated heterocycles. The van der Waals surface area contributed by atoms with E-state index in [1.807, 2.05) is 13.8 Å². The Balaban J connectivity index is 2.30. The zero-order chi connectivity index (χ0) is 15.4. The summed E-state index contributed by atoms with van der Waals surface area (Å²) in [7, 11) is 0. The minimum atomic E-state index is -0.470. The number of halogens is 1. The average molecular weight is 310 g/mol. The summed E-state index contributed by atoms with van der Waals surface area (Å²) in [5, 5.41) is 8.32. The molecule has 2 aromatic rings. The van der Waals surface area contributed by atoms with Crippen LogP contribution in [0.25, 0.3) is 5.82 Å². The molecular formula is C13H16ClN5O2. The Morgan fingerprint density at radius 2 is 2.05 bits per heavy atom. The molecule has 0 unspecified atom stereocenters. The van der Waals surface area contributed by atoms with Gasteiger partial charge < -0.3 is 9.64 Å². The molecule has 112 valence electrons. The predicted octanol–water partition coefficient (Wildman–Crippen LogP) is 2.46. The fourth-order valence-corrected chi connectivity index (χ4v) is 1.91. The number of carbonyl (C=O) groups is 1. The number of amides is 1. The summed E-state index contributed by atoms with van der Waals surface area (Å²) in [6, 6.07) is 3.48. The van der Waals surface area contributed by atoms with Crippen LogP contribution >= 0.6 is 11.6 Å². The Morgan fingerprint density at radius 3 is 2.62 bits per heavy atom. The van der Waals surface area contributed by atoms with Crippen LogP contribution in [0.5, 0.6) is 6.01 Å². The van der Waals surface area contributed by atoms with E-state index < -0.39 is 6.09 Å². The summed E-state index contributed by atoms with van der Waals surface area (Å²) < 4.78 is 6.85. The highest BCUT2D eigenvalue weighted by molar-refractivity contribution is 6.30. The summed E-state index contributed by atoms with van der Waals surface area (Å²) >= 11 is 5.82. The van der Waals surface area contributed by atoms with Gasteiger partial charge in [0, 0.05) is 19.3 Å². The topological polar surface area (TPSA) is 73.1 Å². The second-order valence-electron chi connectivity index (χ2n) is 4.24. The summed E-state index contributed by atoms with van der Waals surface area (Å²) in [6.07, 6.45) is 1.04. The molecule has 2 rings (SSSR count). The lowest BCUT2D eigenvalue weighted by molar-refractivity contribution is 0.152. The first-order chi connectivity index (χ1) is 10.1. The van der Waals surface area contributed by atoms with E-state index in [1.165, 1.54) is 6.20 Å². The van der Waals surface area contributed by atoms with Crippen molar-refractivity contribution >= 4 is 17.7 Å². The number of aromatic nitrogens is 4. The van der Waals surface area contributed by atoms with Gasteiger partial charge in [0.1, 0.15) is 11.6 Å². The maximum atomic E-state index is 12.0. The summed E-state index contributed by atoms with van der Waals surface area (Å²) in [6.45, 7) is 6.62. The van der Waals surface area contributed by atoms with Gasteiger partial charge in [-0.25, -0.2) is 14.3 Å². The summed E-state index contributed by atoms with van der Waals surface area (Å²) in [4.78, 5) is 17.7. The Labute approximate surface area is 127 Å². The van der Waals surface area contributed by atoms with E-state index >= 15 is 0 Å². The van der Waals surface area contributed by atoms with Crippen molar-refractivity contribution in [3.05, 3.63) is 29.2 Å². The first-order valence-corrected chi connectivity index (χ1v) is 6.95. The number of pyridine rings is 1. The van der Waals surface area contributed by atoms with Crippen molar-refractivity contribution in [1.82, 2.24) is 24.6 Å². The van der Waals surface area contributed by atoms with Gasteiger partial charge in [-0.3, -0.25) is 0 Å². The Bertz CT molecular complexity index is 622. The number of nitrogens with zero attached hydrogens (tertiary/aromatic N) is 5. The molecule has 0 aliphatic carbocycles. The highest BCUT2D eigenvalue weighted by Crippen LogP contribution is 2.18. The fraction of sp³-hybridized carbons (Fsp3) is 0.385. The minimum Gasteiger partial charge on any atom is -0.374 e. The third kappa shape index (κ3) is 3.30. The molecule has 0 aliphatic rings. The Morgan fingerprint density at radius 1 is 1.33 bits per heavy atom. The van der Waals surface area contributed by atoms with Gasteiger partial charge in [0.15, 0.2) is 0 Å². The van der Waals surface area contributed by atoms with Gasteiger partial charge >= 0.3 is 12.1 Å². The van der Waals surface area contributed by atoms with Crippen LogP contribution in [0, 0.1) is 6.92 Å². The summed E-state index contributed by atoms with van der Waals surface area (Å²) in [5.74, 6) is 1.09. The lowest BCUT2D eigenvalue weighted by Gasteiger charge is -2.17. The number of carbonyl (C=O) groups excluding carboxylic acids is 1. The molecule has 8 heteroatoms. The van der Waals surface area contributed by atoms with Crippen molar-refractivity contribution in [2.75, 3.05) is 13.1 Å². The minimum absolute atomic E-state index is 0.0826. The quantitative estimate of drug-likeness (QED) is 0.867. The van der Waals surface area contributed by atoms with Crippen LogP contribution in [0.4, 0.5) is 4.79 Å². The number of aryl methyl sites for hydroxylation is 1. The van der Waals surface area contributed by atoms with Crippen LogP contribution in [-0.2, 0) is 0 Å². The van der Waals surface area contributed by atoms with Gasteiger partial charge in [0.05, 0.1) is 5.02 Å². The van der Waals surface area contributed by atoms with E-state index in [4.69, 9.17) is 16.3 Å². The second-order valence-corrected chi connectivity index (χ2v) is 4.68. The zero-order valence-corrected chi connectivity index (χ0v) is 12.8. The smallest absolute Gasteiger partial charge is 0.374 e. The maximum Gasteiger partial charge on any atom is 0.417 e. The number of hydrogen-bond acceptors (Lipinski definition) is 5. The molecule has 0 atom stereocenters. The molecule has 0 aliphatic heterocycles. The zero-order valence-electron chi connectivity index (χ0n) is 12.1. The molecular weight excluding hydrogens is 294 g/mol. The monoisotopic (exact) mass is 309 g/mol. The van der Waals surface area contributed by atoms with Gasteiger partial charge in [0.2, 0.25) is 0 Å². The van der Waals surface area contributed by atoms with Crippen LogP contribution in [0.3, 0.4) is 0 Å². The van der Waals surface area contributed by atoms with Crippen LogP contribution in [0.2, 0.25) is 5.02 Å². The van der Waals surface area contributed by atoms with Crippen molar-refractivity contribution < 1.29 is 9.53 Å². The van der Waals surface area contributed by atoms with E-state index in [2.05, 4.69) is 15.2 Å². The van der Waals surface area contributed by atoms with E-state index in [0.717, 1.165) is 0 Å². The number of ether oxygens (including phenoxy) is 1. The van der Waals surface area contributed by atoms with E-state index in [1.54, 1.807) is 28.5 Å². The SMILES string of the molecule is CCN(CC)C(=O)Oc1nnc(C)n1-c1ccc(Cl)cn1. The number of rotatable bonds is 4. The molecule has 0 N–H and O–H groups in total. The molecule has 0 fully saturated rings. The van der Waals surface area contributed by atoms with Crippen molar-refractivity contribution in [3.8, 4) is 11.8 Å². The van der Waals surface area contributed by atoms with Crippen LogP contribution in [0.15, 0.2) is 18.3 Å². The van der Waals surface area contributed by atoms with E-state index in [9.17, 15) is 4.79 Å². The largest absolute Gasteiger partial charge is 0.417 e. The molecule has 2 heterocycles. The van der Waals surface area contributed by atoms with E-state index in [0.29, 0.717) is 29.8 Å². The molecule has 21 heavy (non-hydrogen) atoms. The molecule has 1 amide bonds. The second kappa shape index (κ2) is 6.53. The van der Waals surface area contributed by atoms with Crippen molar-refractivity contribution in [2.24, 2.45) is 0 Å². The molecule has 7 nitrogen and oxygen atoms in total. The normalized spacial score (nSPS) is 10.5. The molecule has 0 radical (unpaired) electrons. The van der Waals surface area contributed by atoms with Gasteiger partial charge in [-0.2, -0.15) is 0 Å². The Hall–Kier alpha value is -2.15. The molecule has 0 saturated carbocycles. The van der Waals surface area contributed by atoms with Gasteiger partial charge in [-0.05, 0) is 32.9 Å². The van der Waals surface area contributed by atoms with E-state index in [-0.39, 0.29) is 6.01 Å². The fourth-order valence-electron chi connectivity index (χ4n) is 1.80. The highest BCUT2D eigenvalue weighted by Gasteiger charge is 2.19. The lowest BCUT2D eigenvalue weighted by atomic mass is 10.4. The third-order valence-electron chi connectivity index (χ3n) is 2.94. The van der Waals surface area contributed by atoms with Gasteiger partial charge in [-0.1, -0.05) is 16.7 Å². The summed E-state index contributed by atoms with van der Waals surface area (Å²) in [5.41, 5.74) is 0. The highest BCUT2D eigenvalue weighted by atomic mass is 35.5. The molecule has 0 aromatic carbocycles. The maximum absolute atomic E-state index is 12.0. The first-order valence-electron chi connectivity index (χ1n) is 6.57. The first kappa shape index (κ1) is 15.2. The number of hydrogen-bond donors (Lipinski definition) is 0. The van der Waals surface area contributed by atoms with Crippen molar-refractivity contribution in [2.45, 2.75) is 20.8 Å². The third-order valence-corrected chi connectivity index (χ3v) is 3.16. The molecule has 0 spiro atoms. The predicted molar refractivity (Wildman–Crippen MR) is 77.8 cm³/mol. The molecule has 2 aromatic heterocycles. The molecule has 0 bridgehead atoms. The average Bonchev–Trinajstić information content (AvgIpc) is 2.82. The van der Waals surface area contributed by atoms with Gasteiger partial charge in [0.25, 0.3) is 0 Å². The Kier molecular flexibility index (Phi) is 4.74. The van der Waals surface area contributed by atoms with Crippen LogP contribution < -0.4 is 4.74 Å². The van der Waals surface area contributed by atoms with Crippen molar-refractivity contribution in [1.29, 1.82) is 0 Å². The van der Waals surface area contributed by atoms with Crippen LogP contribution in [0.1, 0.15) is 19.7 Å². The standard InChI is InChI=1S/C13H16ClN5O2/c1-4-18(5-2)13(20)21-12-17-16-9(3)19(12)11-7-6-10(14)8-15-11/h6-8H,4-5H2,1-3H3. The van der Waals surface area contributed by atoms with Gasteiger partial charge in [-0.15, -0.1) is 5.10 Å². The van der Waals surface area contributed by atoms with Crippen LogP contribution in [-0.4, -0.2) is 43.8 Å². The van der Waals surface area contributed by atoms with Crippen molar-refractivity contribution in [3.63, 3.8) is 0 Å². The lowest BCUT2D eigenvalue weighted by Crippen LogP contribution is -2.33.